The Bertz CT molecular complexity index is 727. The van der Waals surface area contributed by atoms with E-state index in [1.807, 2.05) is 31.2 Å². The van der Waals surface area contributed by atoms with Crippen molar-refractivity contribution in [3.63, 3.8) is 0 Å². The average molecular weight is 290 g/mol. The van der Waals surface area contributed by atoms with Crippen molar-refractivity contribution in [3.05, 3.63) is 35.9 Å². The Morgan fingerprint density at radius 2 is 1.90 bits per heavy atom. The summed E-state index contributed by atoms with van der Waals surface area (Å²) in [5.41, 5.74) is 2.06. The molecular formula is C15H18N2O2S. The summed E-state index contributed by atoms with van der Waals surface area (Å²) < 4.78 is 22.9. The molecule has 0 saturated carbocycles. The number of fused-ring (bicyclic) bond motifs is 1. The maximum Gasteiger partial charge on any atom is 0.150 e. The molecule has 0 bridgehead atoms. The van der Waals surface area contributed by atoms with Gasteiger partial charge in [0, 0.05) is 11.4 Å². The number of para-hydroxylation sites is 1. The Kier molecular flexibility index (Phi) is 3.38. The second-order valence-electron chi connectivity index (χ2n) is 5.42. The van der Waals surface area contributed by atoms with E-state index in [4.69, 9.17) is 0 Å². The average Bonchev–Trinajstić information content (AvgIpc) is 2.42. The summed E-state index contributed by atoms with van der Waals surface area (Å²) in [5, 5.41) is 4.53. The highest BCUT2D eigenvalue weighted by Crippen LogP contribution is 2.22. The largest absolute Gasteiger partial charge is 0.367 e. The van der Waals surface area contributed by atoms with Crippen LogP contribution in [-0.4, -0.2) is 30.9 Å². The van der Waals surface area contributed by atoms with Crippen molar-refractivity contribution >= 4 is 26.6 Å². The first kappa shape index (κ1) is 13.4. The Morgan fingerprint density at radius 1 is 1.20 bits per heavy atom. The zero-order valence-corrected chi connectivity index (χ0v) is 12.3. The molecule has 4 nitrogen and oxygen atoms in total. The SMILES string of the molecule is Cc1cc2ccccc2nc1NC1CCS(=O)(=O)CC1. The first-order chi connectivity index (χ1) is 9.53. The van der Waals surface area contributed by atoms with E-state index in [0.717, 1.165) is 22.3 Å². The highest BCUT2D eigenvalue weighted by atomic mass is 32.2. The number of hydrogen-bond donors (Lipinski definition) is 1. The van der Waals surface area contributed by atoms with Gasteiger partial charge in [0.1, 0.15) is 15.7 Å². The molecule has 5 heteroatoms. The van der Waals surface area contributed by atoms with Crippen LogP contribution in [0.15, 0.2) is 30.3 Å². The van der Waals surface area contributed by atoms with Crippen LogP contribution in [0.5, 0.6) is 0 Å². The third kappa shape index (κ3) is 2.77. The van der Waals surface area contributed by atoms with Gasteiger partial charge < -0.3 is 5.32 Å². The summed E-state index contributed by atoms with van der Waals surface area (Å²) in [6, 6.07) is 10.3. The lowest BCUT2D eigenvalue weighted by atomic mass is 10.1. The molecule has 2 aromatic rings. The zero-order chi connectivity index (χ0) is 14.2. The van der Waals surface area contributed by atoms with E-state index in [1.54, 1.807) is 0 Å². The van der Waals surface area contributed by atoms with Gasteiger partial charge in [-0.3, -0.25) is 0 Å². The molecule has 1 aliphatic heterocycles. The maximum absolute atomic E-state index is 11.4. The monoisotopic (exact) mass is 290 g/mol. The molecule has 1 aliphatic rings. The molecule has 0 unspecified atom stereocenters. The minimum Gasteiger partial charge on any atom is -0.367 e. The van der Waals surface area contributed by atoms with Gasteiger partial charge in [-0.05, 0) is 37.5 Å². The van der Waals surface area contributed by atoms with Crippen molar-refractivity contribution in [2.75, 3.05) is 16.8 Å². The molecule has 1 aromatic carbocycles. The lowest BCUT2D eigenvalue weighted by molar-refractivity contribution is 0.559. The van der Waals surface area contributed by atoms with Gasteiger partial charge >= 0.3 is 0 Å². The van der Waals surface area contributed by atoms with Gasteiger partial charge in [-0.1, -0.05) is 18.2 Å². The zero-order valence-electron chi connectivity index (χ0n) is 11.5. The van der Waals surface area contributed by atoms with Gasteiger partial charge in [-0.25, -0.2) is 13.4 Å². The molecule has 1 fully saturated rings. The molecule has 1 saturated heterocycles. The van der Waals surface area contributed by atoms with Gasteiger partial charge in [-0.15, -0.1) is 0 Å². The van der Waals surface area contributed by atoms with Crippen LogP contribution < -0.4 is 5.32 Å². The summed E-state index contributed by atoms with van der Waals surface area (Å²) in [7, 11) is -2.81. The Morgan fingerprint density at radius 3 is 2.65 bits per heavy atom. The molecule has 0 amide bonds. The first-order valence-electron chi connectivity index (χ1n) is 6.87. The number of sulfone groups is 1. The summed E-state index contributed by atoms with van der Waals surface area (Å²) in [5.74, 6) is 1.42. The van der Waals surface area contributed by atoms with Crippen LogP contribution in [0.3, 0.4) is 0 Å². The van der Waals surface area contributed by atoms with Crippen LogP contribution in [0.25, 0.3) is 10.9 Å². The molecule has 1 aromatic heterocycles. The topological polar surface area (TPSA) is 59.1 Å². The quantitative estimate of drug-likeness (QED) is 0.923. The minimum atomic E-state index is -2.81. The van der Waals surface area contributed by atoms with Crippen LogP contribution in [0.1, 0.15) is 18.4 Å². The van der Waals surface area contributed by atoms with E-state index in [2.05, 4.69) is 16.4 Å². The lowest BCUT2D eigenvalue weighted by Crippen LogP contribution is -2.32. The summed E-state index contributed by atoms with van der Waals surface area (Å²) in [4.78, 5) is 4.64. The number of aromatic nitrogens is 1. The Hall–Kier alpha value is -1.62. The second-order valence-corrected chi connectivity index (χ2v) is 7.72. The van der Waals surface area contributed by atoms with Crippen LogP contribution >= 0.6 is 0 Å². The normalized spacial score (nSPS) is 19.1. The lowest BCUT2D eigenvalue weighted by Gasteiger charge is -2.24. The highest BCUT2D eigenvalue weighted by Gasteiger charge is 2.24. The fourth-order valence-corrected chi connectivity index (χ4v) is 4.09. The number of pyridine rings is 1. The molecular weight excluding hydrogens is 272 g/mol. The Balaban J connectivity index is 1.82. The summed E-state index contributed by atoms with van der Waals surface area (Å²) in [6.07, 6.45) is 1.33. The van der Waals surface area contributed by atoms with Crippen LogP contribution in [0.2, 0.25) is 0 Å². The third-order valence-electron chi connectivity index (χ3n) is 3.81. The number of benzene rings is 1. The van der Waals surface area contributed by atoms with Gasteiger partial charge in [0.15, 0.2) is 0 Å². The number of anilines is 1. The van der Waals surface area contributed by atoms with Crippen molar-refractivity contribution in [1.29, 1.82) is 0 Å². The summed E-state index contributed by atoms with van der Waals surface area (Å²) >= 11 is 0. The molecule has 0 atom stereocenters. The first-order valence-corrected chi connectivity index (χ1v) is 8.69. The number of rotatable bonds is 2. The van der Waals surface area contributed by atoms with Gasteiger partial charge in [0.25, 0.3) is 0 Å². The summed E-state index contributed by atoms with van der Waals surface area (Å²) in [6.45, 7) is 2.03. The van der Waals surface area contributed by atoms with Crippen molar-refractivity contribution in [2.24, 2.45) is 0 Å². The van der Waals surface area contributed by atoms with E-state index in [1.165, 1.54) is 0 Å². The van der Waals surface area contributed by atoms with Crippen LogP contribution in [0, 0.1) is 6.92 Å². The standard InChI is InChI=1S/C15H18N2O2S/c1-11-10-12-4-2-3-5-14(12)17-15(11)16-13-6-8-20(18,19)9-7-13/h2-5,10,13H,6-9H2,1H3,(H,16,17). The predicted molar refractivity (Wildman–Crippen MR) is 81.8 cm³/mol. The van der Waals surface area contributed by atoms with Crippen molar-refractivity contribution < 1.29 is 8.42 Å². The van der Waals surface area contributed by atoms with Gasteiger partial charge in [0.05, 0.1) is 17.0 Å². The maximum atomic E-state index is 11.4. The van der Waals surface area contributed by atoms with E-state index >= 15 is 0 Å². The number of aryl methyl sites for hydroxylation is 1. The molecule has 0 aliphatic carbocycles. The highest BCUT2D eigenvalue weighted by molar-refractivity contribution is 7.91. The molecule has 0 spiro atoms. The third-order valence-corrected chi connectivity index (χ3v) is 5.53. The molecule has 3 rings (SSSR count). The van der Waals surface area contributed by atoms with E-state index in [0.29, 0.717) is 12.8 Å². The molecule has 2 heterocycles. The van der Waals surface area contributed by atoms with Crippen molar-refractivity contribution in [1.82, 2.24) is 4.98 Å². The van der Waals surface area contributed by atoms with Crippen LogP contribution in [-0.2, 0) is 9.84 Å². The minimum absolute atomic E-state index is 0.200. The predicted octanol–water partition coefficient (Wildman–Crippen LogP) is 2.53. The van der Waals surface area contributed by atoms with E-state index in [-0.39, 0.29) is 17.5 Å². The fourth-order valence-electron chi connectivity index (χ4n) is 2.60. The van der Waals surface area contributed by atoms with E-state index in [9.17, 15) is 8.42 Å². The van der Waals surface area contributed by atoms with E-state index < -0.39 is 9.84 Å². The Labute approximate surface area is 119 Å². The number of nitrogens with zero attached hydrogens (tertiary/aromatic N) is 1. The number of hydrogen-bond acceptors (Lipinski definition) is 4. The second kappa shape index (κ2) is 5.05. The smallest absolute Gasteiger partial charge is 0.150 e. The van der Waals surface area contributed by atoms with Gasteiger partial charge in [-0.2, -0.15) is 0 Å². The van der Waals surface area contributed by atoms with Crippen molar-refractivity contribution in [3.8, 4) is 0 Å². The fraction of sp³-hybridized carbons (Fsp3) is 0.400. The molecule has 0 radical (unpaired) electrons. The number of nitrogens with one attached hydrogen (secondary N) is 1. The molecule has 20 heavy (non-hydrogen) atoms. The van der Waals surface area contributed by atoms with Gasteiger partial charge in [0.2, 0.25) is 0 Å². The van der Waals surface area contributed by atoms with Crippen LogP contribution in [0.4, 0.5) is 5.82 Å². The molecule has 106 valence electrons. The molecule has 1 N–H and O–H groups in total. The van der Waals surface area contributed by atoms with Crippen molar-refractivity contribution in [2.45, 2.75) is 25.8 Å².